The Morgan fingerprint density at radius 3 is 2.62 bits per heavy atom. The second-order valence-corrected chi connectivity index (χ2v) is 7.24. The number of aromatic nitrogens is 1. The van der Waals surface area contributed by atoms with Crippen molar-refractivity contribution < 1.29 is 11.0 Å². The van der Waals surface area contributed by atoms with Crippen molar-refractivity contribution in [1.82, 2.24) is 10.3 Å². The van der Waals surface area contributed by atoms with Gasteiger partial charge in [0, 0.05) is 45.1 Å². The van der Waals surface area contributed by atoms with Crippen LogP contribution in [0.25, 0.3) is 11.1 Å². The van der Waals surface area contributed by atoms with Crippen LogP contribution >= 0.6 is 0 Å². The molecule has 0 fully saturated rings. The summed E-state index contributed by atoms with van der Waals surface area (Å²) in [6, 6.07) is 17.6. The Bertz CT molecular complexity index is 1040. The molecule has 148 valence electrons. The number of rotatable bonds is 4. The molecule has 2 heterocycles. The van der Waals surface area contributed by atoms with Gasteiger partial charge in [0.05, 0.1) is 0 Å². The first-order valence-electron chi connectivity index (χ1n) is 9.80. The number of fused-ring (bicyclic) bond motifs is 1. The van der Waals surface area contributed by atoms with Crippen LogP contribution in [-0.4, -0.2) is 23.3 Å². The molecule has 0 radical (unpaired) electrons. The summed E-state index contributed by atoms with van der Waals surface area (Å²) >= 11 is 0. The van der Waals surface area contributed by atoms with E-state index in [4.69, 9.17) is 0 Å². The van der Waals surface area contributed by atoms with Gasteiger partial charge in [-0.15, -0.1) is 0 Å². The van der Waals surface area contributed by atoms with E-state index in [0.29, 0.717) is 12.1 Å². The fraction of sp³-hybridized carbons (Fsp3) is 0.208. The summed E-state index contributed by atoms with van der Waals surface area (Å²) in [4.78, 5) is 30.1. The van der Waals surface area contributed by atoms with Gasteiger partial charge in [0.15, 0.2) is 0 Å². The van der Waals surface area contributed by atoms with Crippen molar-refractivity contribution >= 4 is 17.5 Å². The van der Waals surface area contributed by atoms with Gasteiger partial charge >= 0.3 is 0 Å². The largest absolute Gasteiger partial charge is 0.348 e. The zero-order chi connectivity index (χ0) is 20.2. The van der Waals surface area contributed by atoms with Crippen molar-refractivity contribution in [1.29, 1.82) is 0 Å². The first-order chi connectivity index (χ1) is 14.1. The van der Waals surface area contributed by atoms with Gasteiger partial charge in [-0.3, -0.25) is 14.6 Å². The number of carbonyl (C=O) groups excluding carboxylic acids is 2. The maximum absolute atomic E-state index is 12.4. The normalized spacial score (nSPS) is 12.9. The van der Waals surface area contributed by atoms with E-state index in [1.54, 1.807) is 19.3 Å². The molecule has 1 N–H and O–H groups in total. The van der Waals surface area contributed by atoms with Crippen molar-refractivity contribution in [2.24, 2.45) is 0 Å². The minimum Gasteiger partial charge on any atom is -0.348 e. The van der Waals surface area contributed by atoms with E-state index in [1.165, 1.54) is 5.56 Å². The lowest BCUT2D eigenvalue weighted by Crippen LogP contribution is -2.33. The van der Waals surface area contributed by atoms with Crippen LogP contribution in [-0.2, 0) is 17.8 Å². The first-order valence-corrected chi connectivity index (χ1v) is 9.80. The van der Waals surface area contributed by atoms with Crippen LogP contribution in [0.3, 0.4) is 0 Å². The molecule has 29 heavy (non-hydrogen) atoms. The molecule has 1 aromatic heterocycles. The van der Waals surface area contributed by atoms with Gasteiger partial charge in [-0.1, -0.05) is 24.3 Å². The molecule has 0 atom stereocenters. The van der Waals surface area contributed by atoms with Crippen LogP contribution < -0.4 is 10.2 Å². The van der Waals surface area contributed by atoms with E-state index >= 15 is 0 Å². The average Bonchev–Trinajstić information content (AvgIpc) is 2.77. The van der Waals surface area contributed by atoms with Crippen molar-refractivity contribution in [3.63, 3.8) is 0 Å². The molecule has 5 heteroatoms. The Kier molecular flexibility index (Phi) is 5.38. The molecular formula is C24H25N3O2. The summed E-state index contributed by atoms with van der Waals surface area (Å²) in [5.74, 6) is -0.0247. The highest BCUT2D eigenvalue weighted by Gasteiger charge is 2.20. The third-order valence-corrected chi connectivity index (χ3v) is 5.23. The smallest absolute Gasteiger partial charge is 0.251 e. The lowest BCUT2D eigenvalue weighted by Gasteiger charge is -2.29. The van der Waals surface area contributed by atoms with Gasteiger partial charge in [-0.2, -0.15) is 0 Å². The van der Waals surface area contributed by atoms with Crippen LogP contribution in [0.15, 0.2) is 67.0 Å². The van der Waals surface area contributed by atoms with E-state index in [0.717, 1.165) is 41.8 Å². The number of amides is 2. The SMILES string of the molecule is CC(=O)N1CCCc2cc(-c3ccc(C(=O)NCc4cccnc4)cc3)ccc21.[HH]. The minimum absolute atomic E-state index is 0. The molecular weight excluding hydrogens is 362 g/mol. The number of carbonyl (C=O) groups is 2. The van der Waals surface area contributed by atoms with Gasteiger partial charge < -0.3 is 10.2 Å². The van der Waals surface area contributed by atoms with Crippen molar-refractivity contribution in [3.8, 4) is 11.1 Å². The monoisotopic (exact) mass is 387 g/mol. The Morgan fingerprint density at radius 2 is 1.90 bits per heavy atom. The van der Waals surface area contributed by atoms with Gasteiger partial charge in [0.2, 0.25) is 5.91 Å². The predicted octanol–water partition coefficient (Wildman–Crippen LogP) is 4.22. The molecule has 0 bridgehead atoms. The third-order valence-electron chi connectivity index (χ3n) is 5.23. The van der Waals surface area contributed by atoms with Crippen LogP contribution in [0.4, 0.5) is 5.69 Å². The molecule has 2 aromatic carbocycles. The average molecular weight is 387 g/mol. The third kappa shape index (κ3) is 4.19. The van der Waals surface area contributed by atoms with Crippen LogP contribution in [0, 0.1) is 0 Å². The molecule has 4 rings (SSSR count). The number of anilines is 1. The molecule has 5 nitrogen and oxygen atoms in total. The number of nitrogens with one attached hydrogen (secondary N) is 1. The van der Waals surface area contributed by atoms with E-state index in [9.17, 15) is 9.59 Å². The quantitative estimate of drug-likeness (QED) is 0.729. The van der Waals surface area contributed by atoms with Crippen LogP contribution in [0.2, 0.25) is 0 Å². The summed E-state index contributed by atoms with van der Waals surface area (Å²) in [5.41, 5.74) is 5.94. The van der Waals surface area contributed by atoms with Crippen LogP contribution in [0.5, 0.6) is 0 Å². The molecule has 2 amide bonds. The Hall–Kier alpha value is -3.47. The fourth-order valence-corrected chi connectivity index (χ4v) is 3.70. The number of hydrogen-bond donors (Lipinski definition) is 1. The lowest BCUT2D eigenvalue weighted by molar-refractivity contribution is -0.116. The van der Waals surface area contributed by atoms with E-state index in [1.807, 2.05) is 53.4 Å². The lowest BCUT2D eigenvalue weighted by atomic mass is 9.95. The second kappa shape index (κ2) is 8.27. The molecule has 1 aliphatic heterocycles. The summed E-state index contributed by atoms with van der Waals surface area (Å²) in [5, 5.41) is 2.91. The minimum atomic E-state index is -0.108. The summed E-state index contributed by atoms with van der Waals surface area (Å²) < 4.78 is 0. The zero-order valence-electron chi connectivity index (χ0n) is 16.4. The fourth-order valence-electron chi connectivity index (χ4n) is 3.70. The van der Waals surface area contributed by atoms with Gasteiger partial charge in [-0.25, -0.2) is 0 Å². The van der Waals surface area contributed by atoms with Crippen molar-refractivity contribution in [2.75, 3.05) is 11.4 Å². The summed E-state index contributed by atoms with van der Waals surface area (Å²) in [6.07, 6.45) is 5.41. The summed E-state index contributed by atoms with van der Waals surface area (Å²) in [6.45, 7) is 2.84. The second-order valence-electron chi connectivity index (χ2n) is 7.24. The van der Waals surface area contributed by atoms with Crippen LogP contribution in [0.1, 0.15) is 36.3 Å². The molecule has 3 aromatic rings. The predicted molar refractivity (Wildman–Crippen MR) is 116 cm³/mol. The van der Waals surface area contributed by atoms with Gasteiger partial charge in [0.1, 0.15) is 0 Å². The first kappa shape index (κ1) is 18.9. The highest BCUT2D eigenvalue weighted by molar-refractivity contribution is 5.95. The topological polar surface area (TPSA) is 62.3 Å². The Labute approximate surface area is 171 Å². The molecule has 0 aliphatic carbocycles. The molecule has 0 spiro atoms. The maximum Gasteiger partial charge on any atom is 0.251 e. The number of hydrogen-bond acceptors (Lipinski definition) is 3. The van der Waals surface area contributed by atoms with Crippen molar-refractivity contribution in [3.05, 3.63) is 83.7 Å². The highest BCUT2D eigenvalue weighted by Crippen LogP contribution is 2.31. The molecule has 1 aliphatic rings. The Balaban J connectivity index is 0.00000256. The standard InChI is InChI=1S/C24H23N3O2.H2/c1-17(28)27-13-3-5-22-14-21(10-11-23(22)27)19-6-8-20(9-7-19)24(29)26-16-18-4-2-12-25-15-18;/h2,4,6-12,14-15H,3,5,13,16H2,1H3,(H,26,29);1H. The van der Waals surface area contributed by atoms with E-state index < -0.39 is 0 Å². The highest BCUT2D eigenvalue weighted by atomic mass is 16.2. The Morgan fingerprint density at radius 1 is 1.10 bits per heavy atom. The number of benzene rings is 2. The van der Waals surface area contributed by atoms with E-state index in [-0.39, 0.29) is 13.2 Å². The number of nitrogens with zero attached hydrogens (tertiary/aromatic N) is 2. The van der Waals surface area contributed by atoms with Crippen molar-refractivity contribution in [2.45, 2.75) is 26.3 Å². The van der Waals surface area contributed by atoms with Gasteiger partial charge in [-0.05, 0) is 65.4 Å². The summed E-state index contributed by atoms with van der Waals surface area (Å²) in [7, 11) is 0. The molecule has 0 saturated carbocycles. The van der Waals surface area contributed by atoms with E-state index in [2.05, 4.69) is 16.4 Å². The number of pyridine rings is 1. The zero-order valence-corrected chi connectivity index (χ0v) is 16.4. The molecule has 0 saturated heterocycles. The van der Waals surface area contributed by atoms with Gasteiger partial charge in [0.25, 0.3) is 5.91 Å². The number of aryl methyl sites for hydroxylation is 1. The molecule has 0 unspecified atom stereocenters. The maximum atomic E-state index is 12.4.